The molecule has 0 bridgehead atoms. The fourth-order valence-corrected chi connectivity index (χ4v) is 1.81. The quantitative estimate of drug-likeness (QED) is 0.546. The van der Waals surface area contributed by atoms with E-state index in [4.69, 9.17) is 5.73 Å². The third kappa shape index (κ3) is 3.77. The first-order chi connectivity index (χ1) is 9.36. The van der Waals surface area contributed by atoms with Gasteiger partial charge >= 0.3 is 5.69 Å². The first kappa shape index (κ1) is 15.6. The van der Waals surface area contributed by atoms with Crippen LogP contribution in [0.2, 0.25) is 0 Å². The van der Waals surface area contributed by atoms with Crippen LogP contribution in [-0.2, 0) is 4.79 Å². The number of anilines is 2. The summed E-state index contributed by atoms with van der Waals surface area (Å²) in [5.74, 6) is -0.216. The predicted octanol–water partition coefficient (Wildman–Crippen LogP) is 0.374. The summed E-state index contributed by atoms with van der Waals surface area (Å²) in [6.45, 7) is 4.14. The van der Waals surface area contributed by atoms with Gasteiger partial charge in [0.25, 0.3) is 0 Å². The minimum absolute atomic E-state index is 0.0850. The Morgan fingerprint density at radius 2 is 2.20 bits per heavy atom. The number of aromatic nitrogens is 2. The number of carbonyl (C=O) groups excluding carboxylic acids is 1. The van der Waals surface area contributed by atoms with Gasteiger partial charge in [-0.2, -0.15) is 0 Å². The average molecular weight is 282 g/mol. The second kappa shape index (κ2) is 6.64. The van der Waals surface area contributed by atoms with Gasteiger partial charge in [-0.1, -0.05) is 13.8 Å². The summed E-state index contributed by atoms with van der Waals surface area (Å²) < 4.78 is 0. The number of hydrogen-bond acceptors (Lipinski definition) is 7. The van der Waals surface area contributed by atoms with Crippen molar-refractivity contribution in [2.24, 2.45) is 11.7 Å². The number of nitrogens with zero attached hydrogens (tertiary/aromatic N) is 4. The molecule has 1 aromatic heterocycles. The van der Waals surface area contributed by atoms with Crippen LogP contribution in [0.15, 0.2) is 6.33 Å². The summed E-state index contributed by atoms with van der Waals surface area (Å²) in [6, 6.07) is 0. The highest BCUT2D eigenvalue weighted by Crippen LogP contribution is 2.31. The van der Waals surface area contributed by atoms with Crippen molar-refractivity contribution in [2.75, 3.05) is 30.4 Å². The van der Waals surface area contributed by atoms with Gasteiger partial charge in [0.05, 0.1) is 11.5 Å². The van der Waals surface area contributed by atoms with Gasteiger partial charge in [0.1, 0.15) is 6.33 Å². The van der Waals surface area contributed by atoms with Crippen molar-refractivity contribution in [3.8, 4) is 0 Å². The minimum atomic E-state index is -0.579. The molecular weight excluding hydrogens is 264 g/mol. The molecule has 0 aromatic carbocycles. The lowest BCUT2D eigenvalue weighted by Gasteiger charge is -2.23. The molecule has 0 saturated heterocycles. The van der Waals surface area contributed by atoms with E-state index in [9.17, 15) is 14.9 Å². The first-order valence-electron chi connectivity index (χ1n) is 6.07. The fraction of sp³-hybridized carbons (Fsp3) is 0.545. The van der Waals surface area contributed by atoms with E-state index >= 15 is 0 Å². The van der Waals surface area contributed by atoms with E-state index in [0.717, 1.165) is 0 Å². The molecule has 9 nitrogen and oxygen atoms in total. The van der Waals surface area contributed by atoms with Gasteiger partial charge in [-0.3, -0.25) is 14.9 Å². The topological polar surface area (TPSA) is 127 Å². The van der Waals surface area contributed by atoms with Crippen molar-refractivity contribution in [1.82, 2.24) is 9.97 Å². The van der Waals surface area contributed by atoms with E-state index in [1.807, 2.05) is 13.8 Å². The molecule has 110 valence electrons. The van der Waals surface area contributed by atoms with Gasteiger partial charge in [-0.25, -0.2) is 9.97 Å². The van der Waals surface area contributed by atoms with Gasteiger partial charge in [0, 0.05) is 13.6 Å². The highest BCUT2D eigenvalue weighted by molar-refractivity contribution is 5.81. The number of nitrogens with one attached hydrogen (secondary N) is 1. The minimum Gasteiger partial charge on any atom is -0.368 e. The molecule has 20 heavy (non-hydrogen) atoms. The molecule has 3 N–H and O–H groups in total. The summed E-state index contributed by atoms with van der Waals surface area (Å²) >= 11 is 0. The molecule has 1 rings (SSSR count). The molecule has 1 heterocycles. The lowest BCUT2D eigenvalue weighted by Crippen LogP contribution is -2.37. The van der Waals surface area contributed by atoms with Gasteiger partial charge < -0.3 is 16.0 Å². The van der Waals surface area contributed by atoms with Crippen molar-refractivity contribution in [3.63, 3.8) is 0 Å². The maximum absolute atomic E-state index is 11.2. The summed E-state index contributed by atoms with van der Waals surface area (Å²) in [5.41, 5.74) is 4.93. The lowest BCUT2D eigenvalue weighted by molar-refractivity contribution is -0.383. The second-order valence-corrected chi connectivity index (χ2v) is 4.64. The third-order valence-corrected chi connectivity index (χ3v) is 2.45. The molecule has 0 fully saturated rings. The third-order valence-electron chi connectivity index (χ3n) is 2.45. The summed E-state index contributed by atoms with van der Waals surface area (Å²) in [6.07, 6.45) is 1.21. The maximum Gasteiger partial charge on any atom is 0.353 e. The molecule has 1 aromatic rings. The van der Waals surface area contributed by atoms with Gasteiger partial charge in [-0.05, 0) is 5.92 Å². The Kier molecular flexibility index (Phi) is 5.18. The molecular formula is C11H18N6O3. The van der Waals surface area contributed by atoms with E-state index < -0.39 is 10.8 Å². The fourth-order valence-electron chi connectivity index (χ4n) is 1.81. The Labute approximate surface area is 116 Å². The zero-order valence-corrected chi connectivity index (χ0v) is 11.7. The van der Waals surface area contributed by atoms with Crippen molar-refractivity contribution >= 4 is 23.2 Å². The molecule has 0 saturated carbocycles. The van der Waals surface area contributed by atoms with Crippen LogP contribution in [0, 0.1) is 16.0 Å². The zero-order valence-electron chi connectivity index (χ0n) is 11.7. The normalized spacial score (nSPS) is 10.4. The van der Waals surface area contributed by atoms with Crippen LogP contribution < -0.4 is 16.0 Å². The maximum atomic E-state index is 11.2. The predicted molar refractivity (Wildman–Crippen MR) is 74.5 cm³/mol. The summed E-state index contributed by atoms with van der Waals surface area (Å²) in [5, 5.41) is 13.9. The Morgan fingerprint density at radius 1 is 1.55 bits per heavy atom. The monoisotopic (exact) mass is 282 g/mol. The van der Waals surface area contributed by atoms with Crippen LogP contribution in [0.1, 0.15) is 13.8 Å². The van der Waals surface area contributed by atoms with E-state index in [-0.39, 0.29) is 29.8 Å². The molecule has 0 aliphatic carbocycles. The molecule has 1 amide bonds. The van der Waals surface area contributed by atoms with Crippen LogP contribution in [-0.4, -0.2) is 40.9 Å². The van der Waals surface area contributed by atoms with Crippen molar-refractivity contribution in [1.29, 1.82) is 0 Å². The van der Waals surface area contributed by atoms with E-state index in [0.29, 0.717) is 6.54 Å². The Hall–Kier alpha value is -2.45. The van der Waals surface area contributed by atoms with Gasteiger partial charge in [0.15, 0.2) is 0 Å². The summed E-state index contributed by atoms with van der Waals surface area (Å²) in [4.78, 5) is 31.0. The molecule has 0 aliphatic heterocycles. The smallest absolute Gasteiger partial charge is 0.353 e. The van der Waals surface area contributed by atoms with Crippen LogP contribution in [0.5, 0.6) is 0 Å². The van der Waals surface area contributed by atoms with Crippen molar-refractivity contribution in [2.45, 2.75) is 13.8 Å². The molecule has 0 atom stereocenters. The number of nitrogens with two attached hydrogens (primary N) is 1. The van der Waals surface area contributed by atoms with E-state index in [1.54, 1.807) is 0 Å². The lowest BCUT2D eigenvalue weighted by atomic mass is 10.2. The first-order valence-corrected chi connectivity index (χ1v) is 6.07. The van der Waals surface area contributed by atoms with Crippen molar-refractivity contribution < 1.29 is 9.72 Å². The number of hydrogen-bond donors (Lipinski definition) is 2. The molecule has 9 heteroatoms. The molecule has 0 unspecified atom stereocenters. The van der Waals surface area contributed by atoms with Crippen molar-refractivity contribution in [3.05, 3.63) is 16.4 Å². The summed E-state index contributed by atoms with van der Waals surface area (Å²) in [7, 11) is 1.53. The van der Waals surface area contributed by atoms with E-state index in [1.165, 1.54) is 18.3 Å². The highest BCUT2D eigenvalue weighted by atomic mass is 16.6. The Balaban J connectivity index is 3.30. The molecule has 0 spiro atoms. The largest absolute Gasteiger partial charge is 0.368 e. The van der Waals surface area contributed by atoms with Gasteiger partial charge in [-0.15, -0.1) is 0 Å². The molecule has 0 radical (unpaired) electrons. The SMILES string of the molecule is CNc1ncnc(N(CC(N)=O)CC(C)C)c1[N+](=O)[O-]. The van der Waals surface area contributed by atoms with Crippen LogP contribution >= 0.6 is 0 Å². The average Bonchev–Trinajstić information content (AvgIpc) is 2.35. The van der Waals surface area contributed by atoms with Crippen LogP contribution in [0.25, 0.3) is 0 Å². The second-order valence-electron chi connectivity index (χ2n) is 4.64. The zero-order chi connectivity index (χ0) is 15.3. The van der Waals surface area contributed by atoms with Crippen LogP contribution in [0.3, 0.4) is 0 Å². The number of nitro groups is 1. The standard InChI is InChI=1S/C11H18N6O3/c1-7(2)4-16(5-8(12)18)11-9(17(19)20)10(13-3)14-6-15-11/h6-7H,4-5H2,1-3H3,(H2,12,18)(H,13,14,15). The molecule has 0 aliphatic rings. The Bertz CT molecular complexity index is 505. The Morgan fingerprint density at radius 3 is 2.65 bits per heavy atom. The number of carbonyl (C=O) groups is 1. The number of amides is 1. The number of rotatable bonds is 7. The van der Waals surface area contributed by atoms with E-state index in [2.05, 4.69) is 15.3 Å². The number of primary amides is 1. The van der Waals surface area contributed by atoms with Gasteiger partial charge in [0.2, 0.25) is 17.5 Å². The highest BCUT2D eigenvalue weighted by Gasteiger charge is 2.27. The van der Waals surface area contributed by atoms with Crippen LogP contribution in [0.4, 0.5) is 17.3 Å².